The molecule has 0 aliphatic heterocycles. The molecule has 0 fully saturated rings. The van der Waals surface area contributed by atoms with Gasteiger partial charge in [0.15, 0.2) is 0 Å². The van der Waals surface area contributed by atoms with Gasteiger partial charge in [-0.15, -0.1) is 0 Å². The third-order valence-electron chi connectivity index (χ3n) is 7.33. The number of hydrogen-bond acceptors (Lipinski definition) is 2. The first kappa shape index (κ1) is 28.9. The third kappa shape index (κ3) is 7.23. The number of benzene rings is 6. The fourth-order valence-corrected chi connectivity index (χ4v) is 10.2. The van der Waals surface area contributed by atoms with Gasteiger partial charge < -0.3 is 10.6 Å². The van der Waals surface area contributed by atoms with Crippen molar-refractivity contribution >= 4 is 59.0 Å². The number of anilines is 2. The van der Waals surface area contributed by atoms with Crippen molar-refractivity contribution in [3.63, 3.8) is 0 Å². The molecule has 0 aliphatic rings. The number of nitrogens with one attached hydrogen (secondary N) is 2. The molecular formula is C39H36N2P2. The van der Waals surface area contributed by atoms with Gasteiger partial charge in [0.1, 0.15) is 0 Å². The summed E-state index contributed by atoms with van der Waals surface area (Å²) in [5.74, 6) is 0. The second-order valence-electron chi connectivity index (χ2n) is 10.3. The topological polar surface area (TPSA) is 24.1 Å². The molecule has 0 saturated heterocycles. The van der Waals surface area contributed by atoms with Gasteiger partial charge in [-0.25, -0.2) is 0 Å². The van der Waals surface area contributed by atoms with Gasteiger partial charge in [0, 0.05) is 35.1 Å². The molecule has 2 nitrogen and oxygen atoms in total. The molecular weight excluding hydrogens is 558 g/mol. The van der Waals surface area contributed by atoms with Crippen molar-refractivity contribution in [2.24, 2.45) is 0 Å². The highest BCUT2D eigenvalue weighted by Crippen LogP contribution is 2.36. The van der Waals surface area contributed by atoms with E-state index in [9.17, 15) is 0 Å². The summed E-state index contributed by atoms with van der Waals surface area (Å²) >= 11 is 0. The standard InChI is InChI=1S/C39H36N2P2/c1-5-18-32(19-6-1)42(33-20-7-2-8-21-33)38-28-15-13-26-36(38)40-30-17-31-41-37-27-14-16-29-39(37)43(34-22-9-3-10-23-34)35-24-11-4-12-25-35/h1-16,18-29,40-41H,17,30-31H2. The fourth-order valence-electron chi connectivity index (χ4n) is 5.33. The van der Waals surface area contributed by atoms with Gasteiger partial charge in [0.05, 0.1) is 0 Å². The lowest BCUT2D eigenvalue weighted by Crippen LogP contribution is -2.24. The zero-order valence-corrected chi connectivity index (χ0v) is 26.0. The Morgan fingerprint density at radius 3 is 0.930 bits per heavy atom. The molecule has 0 spiro atoms. The van der Waals surface area contributed by atoms with Crippen molar-refractivity contribution in [2.45, 2.75) is 6.42 Å². The number of para-hydroxylation sites is 2. The molecule has 6 aromatic carbocycles. The Bertz CT molecular complexity index is 1490. The van der Waals surface area contributed by atoms with E-state index >= 15 is 0 Å². The Labute approximate surface area is 258 Å². The smallest absolute Gasteiger partial charge is 0.0425 e. The summed E-state index contributed by atoms with van der Waals surface area (Å²) in [6.45, 7) is 1.79. The van der Waals surface area contributed by atoms with Crippen LogP contribution in [-0.4, -0.2) is 13.1 Å². The van der Waals surface area contributed by atoms with Gasteiger partial charge in [0.25, 0.3) is 0 Å². The summed E-state index contributed by atoms with van der Waals surface area (Å²) < 4.78 is 0. The molecule has 6 aromatic rings. The van der Waals surface area contributed by atoms with E-state index in [-0.39, 0.29) is 0 Å². The first-order valence-corrected chi connectivity index (χ1v) is 17.5. The van der Waals surface area contributed by atoms with Crippen LogP contribution in [0.2, 0.25) is 0 Å². The van der Waals surface area contributed by atoms with Crippen LogP contribution in [0, 0.1) is 0 Å². The maximum Gasteiger partial charge on any atom is 0.0425 e. The van der Waals surface area contributed by atoms with E-state index in [1.54, 1.807) is 0 Å². The van der Waals surface area contributed by atoms with E-state index in [1.807, 2.05) is 0 Å². The Kier molecular flexibility index (Phi) is 9.93. The van der Waals surface area contributed by atoms with Crippen LogP contribution in [0.1, 0.15) is 6.42 Å². The SMILES string of the molecule is c1ccc(P(c2ccccc2)c2ccccc2NCCCNc2ccccc2P(c2ccccc2)c2ccccc2)cc1. The highest BCUT2D eigenvalue weighted by Gasteiger charge is 2.20. The van der Waals surface area contributed by atoms with E-state index in [1.165, 1.54) is 43.2 Å². The molecule has 0 aromatic heterocycles. The summed E-state index contributed by atoms with van der Waals surface area (Å²) in [4.78, 5) is 0. The highest BCUT2D eigenvalue weighted by molar-refractivity contribution is 7.80. The first-order valence-electron chi connectivity index (χ1n) is 14.8. The van der Waals surface area contributed by atoms with Gasteiger partial charge >= 0.3 is 0 Å². The van der Waals surface area contributed by atoms with Crippen molar-refractivity contribution in [1.82, 2.24) is 0 Å². The minimum absolute atomic E-state index is 0.659. The Hall–Kier alpha value is -4.22. The molecule has 43 heavy (non-hydrogen) atoms. The molecule has 0 bridgehead atoms. The molecule has 4 heteroatoms. The van der Waals surface area contributed by atoms with Crippen molar-refractivity contribution in [3.05, 3.63) is 170 Å². The molecule has 6 rings (SSSR count). The van der Waals surface area contributed by atoms with Crippen molar-refractivity contribution in [3.8, 4) is 0 Å². The van der Waals surface area contributed by atoms with E-state index in [0.717, 1.165) is 19.5 Å². The van der Waals surface area contributed by atoms with Crippen LogP contribution < -0.4 is 42.5 Å². The summed E-state index contributed by atoms with van der Waals surface area (Å²) in [5, 5.41) is 15.8. The van der Waals surface area contributed by atoms with Gasteiger partial charge in [-0.1, -0.05) is 158 Å². The molecule has 0 radical (unpaired) electrons. The van der Waals surface area contributed by atoms with Gasteiger partial charge in [-0.3, -0.25) is 0 Å². The van der Waals surface area contributed by atoms with Crippen LogP contribution in [0.5, 0.6) is 0 Å². The first-order chi connectivity index (χ1) is 21.4. The van der Waals surface area contributed by atoms with Crippen LogP contribution in [0.15, 0.2) is 170 Å². The Morgan fingerprint density at radius 2 is 0.605 bits per heavy atom. The normalized spacial score (nSPS) is 11.0. The zero-order valence-electron chi connectivity index (χ0n) is 24.2. The lowest BCUT2D eigenvalue weighted by atomic mass is 10.3. The molecule has 0 heterocycles. The van der Waals surface area contributed by atoms with Crippen molar-refractivity contribution in [1.29, 1.82) is 0 Å². The molecule has 0 saturated carbocycles. The molecule has 212 valence electrons. The maximum atomic E-state index is 3.79. The van der Waals surface area contributed by atoms with E-state index < -0.39 is 15.8 Å². The van der Waals surface area contributed by atoms with E-state index in [4.69, 9.17) is 0 Å². The molecule has 0 aliphatic carbocycles. The second-order valence-corrected chi connectivity index (χ2v) is 14.6. The van der Waals surface area contributed by atoms with Crippen molar-refractivity contribution < 1.29 is 0 Å². The summed E-state index contributed by atoms with van der Waals surface area (Å²) in [5.41, 5.74) is 2.44. The van der Waals surface area contributed by atoms with Crippen LogP contribution >= 0.6 is 15.8 Å². The Morgan fingerprint density at radius 1 is 0.326 bits per heavy atom. The average molecular weight is 595 g/mol. The van der Waals surface area contributed by atoms with E-state index in [0.29, 0.717) is 0 Å². The summed E-state index contributed by atoms with van der Waals surface area (Å²) in [6, 6.07) is 61.3. The monoisotopic (exact) mass is 594 g/mol. The second kappa shape index (κ2) is 14.8. The predicted molar refractivity (Wildman–Crippen MR) is 192 cm³/mol. The highest BCUT2D eigenvalue weighted by atomic mass is 31.1. The van der Waals surface area contributed by atoms with Crippen LogP contribution in [0.4, 0.5) is 11.4 Å². The molecule has 2 N–H and O–H groups in total. The summed E-state index contributed by atoms with van der Waals surface area (Å²) in [7, 11) is -1.32. The van der Waals surface area contributed by atoms with Crippen molar-refractivity contribution in [2.75, 3.05) is 23.7 Å². The quantitative estimate of drug-likeness (QED) is 0.117. The zero-order chi connectivity index (χ0) is 29.1. The lowest BCUT2D eigenvalue weighted by molar-refractivity contribution is 0.911. The average Bonchev–Trinajstić information content (AvgIpc) is 3.08. The van der Waals surface area contributed by atoms with Gasteiger partial charge in [0.2, 0.25) is 0 Å². The minimum Gasteiger partial charge on any atom is -0.384 e. The Balaban J connectivity index is 1.16. The summed E-state index contributed by atoms with van der Waals surface area (Å²) in [6.07, 6.45) is 1.01. The maximum absolute atomic E-state index is 3.79. The lowest BCUT2D eigenvalue weighted by Gasteiger charge is -2.23. The number of hydrogen-bond donors (Lipinski definition) is 2. The molecule has 0 atom stereocenters. The third-order valence-corrected chi connectivity index (χ3v) is 12.3. The van der Waals surface area contributed by atoms with Crippen LogP contribution in [-0.2, 0) is 0 Å². The van der Waals surface area contributed by atoms with Crippen LogP contribution in [0.25, 0.3) is 0 Å². The molecule has 0 unspecified atom stereocenters. The predicted octanol–water partition coefficient (Wildman–Crippen LogP) is 7.12. The van der Waals surface area contributed by atoms with Crippen LogP contribution in [0.3, 0.4) is 0 Å². The largest absolute Gasteiger partial charge is 0.384 e. The van der Waals surface area contributed by atoms with E-state index in [2.05, 4.69) is 180 Å². The van der Waals surface area contributed by atoms with Gasteiger partial charge in [-0.05, 0) is 55.6 Å². The minimum atomic E-state index is -0.659. The molecule has 0 amide bonds. The number of rotatable bonds is 12. The fraction of sp³-hybridized carbons (Fsp3) is 0.0769. The van der Waals surface area contributed by atoms with Gasteiger partial charge in [-0.2, -0.15) is 0 Å².